The fraction of sp³-hybridized carbons (Fsp3) is 0.400. The Morgan fingerprint density at radius 3 is 2.67 bits per heavy atom. The molecule has 2 atom stereocenters. The van der Waals surface area contributed by atoms with Gasteiger partial charge in [-0.3, -0.25) is 9.59 Å². The van der Waals surface area contributed by atoms with Crippen LogP contribution in [-0.4, -0.2) is 29.3 Å². The third-order valence-corrected chi connectivity index (χ3v) is 5.12. The maximum absolute atomic E-state index is 12.8. The number of allylic oxidation sites excluding steroid dienone is 2. The van der Waals surface area contributed by atoms with Crippen molar-refractivity contribution in [3.63, 3.8) is 0 Å². The van der Waals surface area contributed by atoms with Crippen LogP contribution in [0.15, 0.2) is 54.8 Å². The number of rotatable bonds is 4. The molecule has 1 unspecified atom stereocenters. The molecule has 1 N–H and O–H groups in total. The lowest BCUT2D eigenvalue weighted by atomic mass is 9.74. The first kappa shape index (κ1) is 16.5. The summed E-state index contributed by atoms with van der Waals surface area (Å²) in [4.78, 5) is 26.8. The Balaban J connectivity index is 2.00. The van der Waals surface area contributed by atoms with Crippen molar-refractivity contribution in [2.45, 2.75) is 38.6 Å². The molecular weight excluding hydrogens is 300 g/mol. The molecule has 3 rings (SSSR count). The molecule has 2 fully saturated rings. The highest BCUT2D eigenvalue weighted by atomic mass is 16.2. The minimum Gasteiger partial charge on any atom is -0.325 e. The Morgan fingerprint density at radius 1 is 1.29 bits per heavy atom. The second-order valence-corrected chi connectivity index (χ2v) is 7.14. The van der Waals surface area contributed by atoms with Crippen molar-refractivity contribution < 1.29 is 9.59 Å². The number of carbonyl (C=O) groups is 2. The standard InChI is InChI=1S/C20H24N2O2/c1-4-20(2,3)15(14-9-6-5-7-10-14)13-16-19(24)22-12-8-11-17(22)18(23)21-16/h4-7,9-10,13,15,17H,1,8,11-12H2,2-3H3,(H,21,23)/b16-13+/t15?,17-/m1/s1. The molecule has 4 heteroatoms. The molecule has 2 aliphatic rings. The van der Waals surface area contributed by atoms with Gasteiger partial charge in [0.05, 0.1) is 0 Å². The predicted octanol–water partition coefficient (Wildman–Crippen LogP) is 2.99. The van der Waals surface area contributed by atoms with Crippen LogP contribution >= 0.6 is 0 Å². The van der Waals surface area contributed by atoms with Gasteiger partial charge in [0.25, 0.3) is 5.91 Å². The predicted molar refractivity (Wildman–Crippen MR) is 94.1 cm³/mol. The van der Waals surface area contributed by atoms with Crippen LogP contribution in [-0.2, 0) is 9.59 Å². The first-order chi connectivity index (χ1) is 11.4. The van der Waals surface area contributed by atoms with E-state index in [1.54, 1.807) is 4.90 Å². The van der Waals surface area contributed by atoms with Crippen LogP contribution in [0.25, 0.3) is 0 Å². The Kier molecular flexibility index (Phi) is 4.31. The van der Waals surface area contributed by atoms with Gasteiger partial charge >= 0.3 is 0 Å². The van der Waals surface area contributed by atoms with E-state index < -0.39 is 0 Å². The molecule has 0 aromatic heterocycles. The monoisotopic (exact) mass is 324 g/mol. The average molecular weight is 324 g/mol. The first-order valence-electron chi connectivity index (χ1n) is 8.46. The van der Waals surface area contributed by atoms with Gasteiger partial charge in [-0.1, -0.05) is 50.3 Å². The zero-order valence-corrected chi connectivity index (χ0v) is 14.3. The second kappa shape index (κ2) is 6.27. The lowest BCUT2D eigenvalue weighted by Gasteiger charge is -2.34. The van der Waals surface area contributed by atoms with Crippen LogP contribution in [0.5, 0.6) is 0 Å². The fourth-order valence-corrected chi connectivity index (χ4v) is 3.51. The molecule has 24 heavy (non-hydrogen) atoms. The summed E-state index contributed by atoms with van der Waals surface area (Å²) in [5.74, 6) is -0.186. The Morgan fingerprint density at radius 2 is 2.00 bits per heavy atom. The highest BCUT2D eigenvalue weighted by Gasteiger charge is 2.41. The Labute approximate surface area is 143 Å². The summed E-state index contributed by atoms with van der Waals surface area (Å²) in [5.41, 5.74) is 1.24. The molecule has 0 aliphatic carbocycles. The van der Waals surface area contributed by atoms with Gasteiger partial charge in [0.15, 0.2) is 0 Å². The molecular formula is C20H24N2O2. The maximum atomic E-state index is 12.8. The summed E-state index contributed by atoms with van der Waals surface area (Å²) in [6.07, 6.45) is 5.43. The van der Waals surface area contributed by atoms with Crippen molar-refractivity contribution in [1.82, 2.24) is 10.2 Å². The Hall–Kier alpha value is -2.36. The van der Waals surface area contributed by atoms with Gasteiger partial charge in [-0.25, -0.2) is 0 Å². The van der Waals surface area contributed by atoms with E-state index in [0.29, 0.717) is 12.2 Å². The third kappa shape index (κ3) is 2.88. The first-order valence-corrected chi connectivity index (χ1v) is 8.46. The number of carbonyl (C=O) groups excluding carboxylic acids is 2. The number of nitrogens with zero attached hydrogens (tertiary/aromatic N) is 1. The van der Waals surface area contributed by atoms with E-state index in [1.807, 2.05) is 42.5 Å². The smallest absolute Gasteiger partial charge is 0.270 e. The van der Waals surface area contributed by atoms with Crippen LogP contribution in [0.2, 0.25) is 0 Å². The van der Waals surface area contributed by atoms with Crippen LogP contribution < -0.4 is 5.32 Å². The lowest BCUT2D eigenvalue weighted by molar-refractivity contribution is -0.140. The van der Waals surface area contributed by atoms with E-state index in [2.05, 4.69) is 25.7 Å². The van der Waals surface area contributed by atoms with Crippen LogP contribution in [0, 0.1) is 5.41 Å². The highest BCUT2D eigenvalue weighted by molar-refractivity contribution is 6.04. The van der Waals surface area contributed by atoms with Crippen molar-refractivity contribution in [3.05, 3.63) is 60.3 Å². The summed E-state index contributed by atoms with van der Waals surface area (Å²) in [6, 6.07) is 9.73. The maximum Gasteiger partial charge on any atom is 0.270 e. The van der Waals surface area contributed by atoms with Gasteiger partial charge in [-0.05, 0) is 29.9 Å². The topological polar surface area (TPSA) is 49.4 Å². The van der Waals surface area contributed by atoms with Crippen molar-refractivity contribution in [1.29, 1.82) is 0 Å². The number of piperazine rings is 1. The van der Waals surface area contributed by atoms with Gasteiger partial charge in [0, 0.05) is 12.5 Å². The molecule has 2 saturated heterocycles. The number of hydrogen-bond acceptors (Lipinski definition) is 2. The number of benzene rings is 1. The summed E-state index contributed by atoms with van der Waals surface area (Å²) in [7, 11) is 0. The van der Waals surface area contributed by atoms with Crippen molar-refractivity contribution in [2.75, 3.05) is 6.54 Å². The van der Waals surface area contributed by atoms with Crippen LogP contribution in [0.4, 0.5) is 0 Å². The minimum atomic E-state index is -0.294. The summed E-state index contributed by atoms with van der Waals surface area (Å²) in [6.45, 7) is 8.78. The second-order valence-electron chi connectivity index (χ2n) is 7.14. The number of nitrogens with one attached hydrogen (secondary N) is 1. The van der Waals surface area contributed by atoms with Gasteiger partial charge in [-0.15, -0.1) is 6.58 Å². The van der Waals surface area contributed by atoms with Crippen molar-refractivity contribution in [3.8, 4) is 0 Å². The average Bonchev–Trinajstić information content (AvgIpc) is 3.08. The molecule has 2 heterocycles. The van der Waals surface area contributed by atoms with E-state index in [9.17, 15) is 9.59 Å². The van der Waals surface area contributed by atoms with Crippen LogP contribution in [0.1, 0.15) is 38.2 Å². The zero-order chi connectivity index (χ0) is 17.3. The molecule has 0 saturated carbocycles. The third-order valence-electron chi connectivity index (χ3n) is 5.12. The number of amides is 2. The van der Waals surface area contributed by atoms with E-state index in [-0.39, 0.29) is 29.2 Å². The van der Waals surface area contributed by atoms with E-state index in [1.165, 1.54) is 0 Å². The molecule has 1 aromatic rings. The molecule has 0 radical (unpaired) electrons. The molecule has 2 aliphatic heterocycles. The molecule has 1 aromatic carbocycles. The molecule has 126 valence electrons. The quantitative estimate of drug-likeness (QED) is 0.684. The number of fused-ring (bicyclic) bond motifs is 1. The zero-order valence-electron chi connectivity index (χ0n) is 14.3. The van der Waals surface area contributed by atoms with Gasteiger partial charge < -0.3 is 10.2 Å². The summed E-state index contributed by atoms with van der Waals surface area (Å²) >= 11 is 0. The minimum absolute atomic E-state index is 0.0467. The molecule has 0 spiro atoms. The fourth-order valence-electron chi connectivity index (χ4n) is 3.51. The van der Waals surface area contributed by atoms with Crippen molar-refractivity contribution in [2.24, 2.45) is 5.41 Å². The van der Waals surface area contributed by atoms with Crippen molar-refractivity contribution >= 4 is 11.8 Å². The number of hydrogen-bond donors (Lipinski definition) is 1. The summed E-state index contributed by atoms with van der Waals surface area (Å²) in [5, 5.41) is 2.83. The van der Waals surface area contributed by atoms with Crippen LogP contribution in [0.3, 0.4) is 0 Å². The highest BCUT2D eigenvalue weighted by Crippen LogP contribution is 2.38. The van der Waals surface area contributed by atoms with E-state index in [0.717, 1.165) is 18.4 Å². The SMILES string of the molecule is C=CC(C)(C)C(/C=C1/NC(=O)[C@H]2CCCN2C1=O)c1ccccc1. The summed E-state index contributed by atoms with van der Waals surface area (Å²) < 4.78 is 0. The lowest BCUT2D eigenvalue weighted by Crippen LogP contribution is -2.54. The van der Waals surface area contributed by atoms with Gasteiger partial charge in [0.1, 0.15) is 11.7 Å². The molecule has 0 bridgehead atoms. The Bertz CT molecular complexity index is 691. The molecule has 2 amide bonds. The van der Waals surface area contributed by atoms with Gasteiger partial charge in [-0.2, -0.15) is 0 Å². The van der Waals surface area contributed by atoms with Gasteiger partial charge in [0.2, 0.25) is 5.91 Å². The van der Waals surface area contributed by atoms with E-state index in [4.69, 9.17) is 0 Å². The largest absolute Gasteiger partial charge is 0.325 e. The normalized spacial score (nSPS) is 23.8. The molecule has 4 nitrogen and oxygen atoms in total. The van der Waals surface area contributed by atoms with E-state index >= 15 is 0 Å².